The number of carbonyl (C=O) groups is 1. The van der Waals surface area contributed by atoms with Crippen molar-refractivity contribution in [2.75, 3.05) is 0 Å². The summed E-state index contributed by atoms with van der Waals surface area (Å²) in [7, 11) is 0. The van der Waals surface area contributed by atoms with Crippen LogP contribution in [0.15, 0.2) is 0 Å². The second-order valence-electron chi connectivity index (χ2n) is 3.75. The van der Waals surface area contributed by atoms with Crippen LogP contribution in [0.4, 0.5) is 0 Å². The number of nitrogens with two attached hydrogens (primary N) is 1. The summed E-state index contributed by atoms with van der Waals surface area (Å²) < 4.78 is 0. The van der Waals surface area contributed by atoms with Crippen molar-refractivity contribution in [3.63, 3.8) is 0 Å². The minimum absolute atomic E-state index is 0.273. The van der Waals surface area contributed by atoms with E-state index in [0.29, 0.717) is 12.8 Å². The van der Waals surface area contributed by atoms with E-state index in [-0.39, 0.29) is 6.04 Å². The Bertz CT molecular complexity index is 160. The molecule has 0 amide bonds. The largest absolute Gasteiger partial charge is 0.481 e. The Kier molecular flexibility index (Phi) is 4.99. The van der Waals surface area contributed by atoms with Gasteiger partial charge in [0.1, 0.15) is 0 Å². The summed E-state index contributed by atoms with van der Waals surface area (Å²) in [6.07, 6.45) is 3.09. The van der Waals surface area contributed by atoms with Crippen LogP contribution in [0.1, 0.15) is 46.5 Å². The summed E-state index contributed by atoms with van der Waals surface area (Å²) in [5.74, 6) is -0.744. The molecular weight excluding hydrogens is 166 g/mol. The highest BCUT2D eigenvalue weighted by molar-refractivity contribution is 5.75. The smallest absolute Gasteiger partial charge is 0.311 e. The van der Waals surface area contributed by atoms with Crippen LogP contribution in [0, 0.1) is 5.41 Å². The fourth-order valence-corrected chi connectivity index (χ4v) is 1.88. The van der Waals surface area contributed by atoms with Crippen LogP contribution in [0.5, 0.6) is 0 Å². The average Bonchev–Trinajstić information content (AvgIpc) is 2.03. The maximum atomic E-state index is 11.2. The Hall–Kier alpha value is -0.570. The van der Waals surface area contributed by atoms with E-state index in [1.807, 2.05) is 13.8 Å². The minimum Gasteiger partial charge on any atom is -0.481 e. The molecule has 13 heavy (non-hydrogen) atoms. The molecule has 0 aromatic rings. The molecule has 0 radical (unpaired) electrons. The van der Waals surface area contributed by atoms with E-state index in [2.05, 4.69) is 0 Å². The molecule has 0 aromatic carbocycles. The third kappa shape index (κ3) is 2.69. The van der Waals surface area contributed by atoms with E-state index in [9.17, 15) is 9.90 Å². The van der Waals surface area contributed by atoms with Crippen molar-refractivity contribution >= 4 is 5.97 Å². The van der Waals surface area contributed by atoms with Crippen LogP contribution < -0.4 is 5.73 Å². The van der Waals surface area contributed by atoms with Crippen LogP contribution in [0.2, 0.25) is 0 Å². The van der Waals surface area contributed by atoms with Crippen LogP contribution in [0.3, 0.4) is 0 Å². The van der Waals surface area contributed by atoms with E-state index in [0.717, 1.165) is 12.8 Å². The van der Waals surface area contributed by atoms with Gasteiger partial charge in [0, 0.05) is 6.04 Å². The van der Waals surface area contributed by atoms with Gasteiger partial charge in [0.15, 0.2) is 0 Å². The van der Waals surface area contributed by atoms with Gasteiger partial charge in [-0.15, -0.1) is 0 Å². The van der Waals surface area contributed by atoms with Gasteiger partial charge in [-0.2, -0.15) is 0 Å². The third-order valence-corrected chi connectivity index (χ3v) is 2.69. The van der Waals surface area contributed by atoms with Gasteiger partial charge in [-0.25, -0.2) is 0 Å². The molecule has 3 nitrogen and oxygen atoms in total. The third-order valence-electron chi connectivity index (χ3n) is 2.69. The quantitative estimate of drug-likeness (QED) is 0.668. The van der Waals surface area contributed by atoms with E-state index < -0.39 is 11.4 Å². The van der Waals surface area contributed by atoms with Crippen LogP contribution in [-0.4, -0.2) is 17.1 Å². The minimum atomic E-state index is -0.744. The zero-order valence-electron chi connectivity index (χ0n) is 8.84. The van der Waals surface area contributed by atoms with Crippen LogP contribution in [0.25, 0.3) is 0 Å². The molecule has 0 rings (SSSR count). The number of carboxylic acid groups (broad SMARTS) is 1. The normalized spacial score (nSPS) is 14.2. The molecule has 1 unspecified atom stereocenters. The van der Waals surface area contributed by atoms with Crippen molar-refractivity contribution < 1.29 is 9.90 Å². The first-order valence-corrected chi connectivity index (χ1v) is 5.00. The Morgan fingerprint density at radius 3 is 1.92 bits per heavy atom. The number of rotatable bonds is 6. The zero-order chi connectivity index (χ0) is 10.5. The highest BCUT2D eigenvalue weighted by Crippen LogP contribution is 2.33. The summed E-state index contributed by atoms with van der Waals surface area (Å²) in [5, 5.41) is 9.18. The van der Waals surface area contributed by atoms with E-state index in [1.165, 1.54) is 0 Å². The van der Waals surface area contributed by atoms with Gasteiger partial charge >= 0.3 is 5.97 Å². The van der Waals surface area contributed by atoms with Gasteiger partial charge < -0.3 is 10.8 Å². The van der Waals surface area contributed by atoms with Crippen molar-refractivity contribution in [2.24, 2.45) is 11.1 Å². The lowest BCUT2D eigenvalue weighted by Crippen LogP contribution is -2.45. The molecule has 0 aliphatic carbocycles. The van der Waals surface area contributed by atoms with Gasteiger partial charge in [-0.05, 0) is 19.8 Å². The number of hydrogen-bond donors (Lipinski definition) is 2. The molecule has 3 heteroatoms. The van der Waals surface area contributed by atoms with Crippen molar-refractivity contribution in [1.82, 2.24) is 0 Å². The van der Waals surface area contributed by atoms with Gasteiger partial charge in [0.25, 0.3) is 0 Å². The summed E-state index contributed by atoms with van der Waals surface area (Å²) in [6.45, 7) is 5.78. The molecule has 0 saturated carbocycles. The Balaban J connectivity index is 4.69. The Morgan fingerprint density at radius 1 is 1.38 bits per heavy atom. The first kappa shape index (κ1) is 12.4. The second kappa shape index (κ2) is 5.22. The predicted molar refractivity (Wildman–Crippen MR) is 53.5 cm³/mol. The Morgan fingerprint density at radius 2 is 1.77 bits per heavy atom. The summed E-state index contributed by atoms with van der Waals surface area (Å²) in [5.41, 5.74) is 5.06. The number of hydrogen-bond acceptors (Lipinski definition) is 2. The van der Waals surface area contributed by atoms with Crippen molar-refractivity contribution in [3.05, 3.63) is 0 Å². The van der Waals surface area contributed by atoms with E-state index in [1.54, 1.807) is 6.92 Å². The fourth-order valence-electron chi connectivity index (χ4n) is 1.88. The molecular formula is C10H21NO2. The first-order valence-electron chi connectivity index (χ1n) is 5.00. The van der Waals surface area contributed by atoms with Gasteiger partial charge in [0.2, 0.25) is 0 Å². The molecule has 3 N–H and O–H groups in total. The van der Waals surface area contributed by atoms with Crippen LogP contribution >= 0.6 is 0 Å². The SMILES string of the molecule is CCCC(CCC)(C(=O)O)C(C)N. The van der Waals surface area contributed by atoms with Crippen molar-refractivity contribution in [1.29, 1.82) is 0 Å². The molecule has 0 aliphatic heterocycles. The average molecular weight is 187 g/mol. The highest BCUT2D eigenvalue weighted by atomic mass is 16.4. The Labute approximate surface area is 80.3 Å². The van der Waals surface area contributed by atoms with Crippen LogP contribution in [-0.2, 0) is 4.79 Å². The molecule has 0 heterocycles. The lowest BCUT2D eigenvalue weighted by Gasteiger charge is -2.32. The topological polar surface area (TPSA) is 63.3 Å². The molecule has 1 atom stereocenters. The number of aliphatic carboxylic acids is 1. The van der Waals surface area contributed by atoms with E-state index >= 15 is 0 Å². The first-order chi connectivity index (χ1) is 6.01. The highest BCUT2D eigenvalue weighted by Gasteiger charge is 2.40. The number of carboxylic acids is 1. The van der Waals surface area contributed by atoms with Gasteiger partial charge in [-0.3, -0.25) is 4.79 Å². The molecule has 0 aromatic heterocycles. The molecule has 0 spiro atoms. The summed E-state index contributed by atoms with van der Waals surface area (Å²) in [4.78, 5) is 11.2. The second-order valence-corrected chi connectivity index (χ2v) is 3.75. The molecule has 78 valence electrons. The summed E-state index contributed by atoms with van der Waals surface area (Å²) in [6, 6.07) is -0.273. The molecule has 0 saturated heterocycles. The summed E-state index contributed by atoms with van der Waals surface area (Å²) >= 11 is 0. The van der Waals surface area contributed by atoms with Gasteiger partial charge in [0.05, 0.1) is 5.41 Å². The standard InChI is InChI=1S/C10H21NO2/c1-4-6-10(7-5-2,8(3)11)9(12)13/h8H,4-7,11H2,1-3H3,(H,12,13). The van der Waals surface area contributed by atoms with Crippen molar-refractivity contribution in [3.8, 4) is 0 Å². The predicted octanol–water partition coefficient (Wildman–Crippen LogP) is 2.00. The molecule has 0 fully saturated rings. The van der Waals surface area contributed by atoms with E-state index in [4.69, 9.17) is 5.73 Å². The lowest BCUT2D eigenvalue weighted by molar-refractivity contribution is -0.151. The zero-order valence-corrected chi connectivity index (χ0v) is 8.84. The fraction of sp³-hybridized carbons (Fsp3) is 0.900. The van der Waals surface area contributed by atoms with Gasteiger partial charge in [-0.1, -0.05) is 26.7 Å². The lowest BCUT2D eigenvalue weighted by atomic mass is 9.74. The molecule has 0 bridgehead atoms. The molecule has 0 aliphatic rings. The maximum Gasteiger partial charge on any atom is 0.311 e. The monoisotopic (exact) mass is 187 g/mol. The maximum absolute atomic E-state index is 11.2. The van der Waals surface area contributed by atoms with Crippen molar-refractivity contribution in [2.45, 2.75) is 52.5 Å².